The fraction of sp³-hybridized carbons (Fsp3) is 0.188. The van der Waals surface area contributed by atoms with Gasteiger partial charge in [-0.15, -0.1) is 11.8 Å². The highest BCUT2D eigenvalue weighted by Crippen LogP contribution is 2.27. The molecule has 0 saturated carbocycles. The molecule has 0 unspecified atom stereocenters. The van der Waals surface area contributed by atoms with Gasteiger partial charge in [-0.1, -0.05) is 48.1 Å². The lowest BCUT2D eigenvalue weighted by Crippen LogP contribution is -2.14. The largest absolute Gasteiger partial charge is 0.389 e. The molecule has 104 valence electrons. The van der Waals surface area contributed by atoms with Crippen LogP contribution in [0.15, 0.2) is 47.4 Å². The summed E-state index contributed by atoms with van der Waals surface area (Å²) in [6.45, 7) is 2.85. The summed E-state index contributed by atoms with van der Waals surface area (Å²) in [4.78, 5) is 1.54. The van der Waals surface area contributed by atoms with Crippen LogP contribution in [-0.4, -0.2) is 11.2 Å². The van der Waals surface area contributed by atoms with Crippen LogP contribution >= 0.6 is 24.0 Å². The van der Waals surface area contributed by atoms with Crippen LogP contribution in [0, 0.1) is 6.92 Å². The fourth-order valence-electron chi connectivity index (χ4n) is 2.12. The van der Waals surface area contributed by atoms with E-state index in [4.69, 9.17) is 18.0 Å². The van der Waals surface area contributed by atoms with Gasteiger partial charge in [0, 0.05) is 22.7 Å². The van der Waals surface area contributed by atoms with E-state index in [1.807, 2.05) is 24.5 Å². The van der Waals surface area contributed by atoms with Gasteiger partial charge in [-0.25, -0.2) is 0 Å². The van der Waals surface area contributed by atoms with Crippen molar-refractivity contribution in [2.45, 2.75) is 18.4 Å². The summed E-state index contributed by atoms with van der Waals surface area (Å²) in [5, 5.41) is 3.43. The standard InChI is InChI=1S/C16H18N2S2/c1-11-5-3-6-12(9-11)10-18-13-7-4-8-14(20-2)15(13)16(17)19/h3-9,18H,10H2,1-2H3,(H2,17,19). The molecule has 0 aliphatic carbocycles. The highest BCUT2D eigenvalue weighted by molar-refractivity contribution is 7.98. The summed E-state index contributed by atoms with van der Waals surface area (Å²) < 4.78 is 0. The Balaban J connectivity index is 2.23. The van der Waals surface area contributed by atoms with Crippen LogP contribution in [0.5, 0.6) is 0 Å². The zero-order valence-corrected chi connectivity index (χ0v) is 13.3. The normalized spacial score (nSPS) is 10.3. The number of rotatable bonds is 5. The molecule has 0 aliphatic rings. The first kappa shape index (κ1) is 14.9. The van der Waals surface area contributed by atoms with Crippen molar-refractivity contribution in [3.63, 3.8) is 0 Å². The van der Waals surface area contributed by atoms with E-state index in [-0.39, 0.29) is 0 Å². The summed E-state index contributed by atoms with van der Waals surface area (Å²) in [5.74, 6) is 0. The van der Waals surface area contributed by atoms with Gasteiger partial charge < -0.3 is 11.1 Å². The number of hydrogen-bond donors (Lipinski definition) is 2. The SMILES string of the molecule is CSc1cccc(NCc2cccc(C)c2)c1C(N)=S. The summed E-state index contributed by atoms with van der Waals surface area (Å²) in [7, 11) is 0. The van der Waals surface area contributed by atoms with Gasteiger partial charge in [-0.2, -0.15) is 0 Å². The quantitative estimate of drug-likeness (QED) is 0.647. The zero-order valence-electron chi connectivity index (χ0n) is 11.6. The van der Waals surface area contributed by atoms with Crippen LogP contribution in [0.3, 0.4) is 0 Å². The van der Waals surface area contributed by atoms with Crippen molar-refractivity contribution >= 4 is 34.7 Å². The lowest BCUT2D eigenvalue weighted by Gasteiger charge is -2.14. The Bertz CT molecular complexity index is 624. The Hall–Kier alpha value is -1.52. The van der Waals surface area contributed by atoms with Gasteiger partial charge in [-0.3, -0.25) is 0 Å². The molecular formula is C16H18N2S2. The predicted octanol–water partition coefficient (Wildman–Crippen LogP) is 3.96. The summed E-state index contributed by atoms with van der Waals surface area (Å²) in [6.07, 6.45) is 2.03. The second-order valence-electron chi connectivity index (χ2n) is 4.59. The first-order chi connectivity index (χ1) is 9.61. The van der Waals surface area contributed by atoms with E-state index < -0.39 is 0 Å². The van der Waals surface area contributed by atoms with Gasteiger partial charge in [-0.05, 0) is 30.9 Å². The van der Waals surface area contributed by atoms with E-state index in [0.29, 0.717) is 4.99 Å². The van der Waals surface area contributed by atoms with Crippen molar-refractivity contribution in [1.82, 2.24) is 0 Å². The minimum Gasteiger partial charge on any atom is -0.389 e. The Morgan fingerprint density at radius 3 is 2.65 bits per heavy atom. The molecule has 0 amide bonds. The zero-order chi connectivity index (χ0) is 14.5. The van der Waals surface area contributed by atoms with Gasteiger partial charge >= 0.3 is 0 Å². The van der Waals surface area contributed by atoms with Crippen LogP contribution in [0.25, 0.3) is 0 Å². The molecule has 0 radical (unpaired) electrons. The van der Waals surface area contributed by atoms with Crippen molar-refractivity contribution in [2.75, 3.05) is 11.6 Å². The molecule has 0 fully saturated rings. The molecule has 0 aromatic heterocycles. The lowest BCUT2D eigenvalue weighted by atomic mass is 10.1. The minimum absolute atomic E-state index is 0.432. The highest BCUT2D eigenvalue weighted by Gasteiger charge is 2.10. The van der Waals surface area contributed by atoms with Crippen molar-refractivity contribution in [1.29, 1.82) is 0 Å². The van der Waals surface area contributed by atoms with E-state index >= 15 is 0 Å². The highest BCUT2D eigenvalue weighted by atomic mass is 32.2. The molecule has 0 aliphatic heterocycles. The van der Waals surface area contributed by atoms with E-state index in [2.05, 4.69) is 36.5 Å². The van der Waals surface area contributed by atoms with Crippen LogP contribution in [-0.2, 0) is 6.54 Å². The van der Waals surface area contributed by atoms with Gasteiger partial charge in [0.15, 0.2) is 0 Å². The summed E-state index contributed by atoms with van der Waals surface area (Å²) in [5.41, 5.74) is 10.3. The first-order valence-corrected chi connectivity index (χ1v) is 8.01. The van der Waals surface area contributed by atoms with Crippen LogP contribution in [0.2, 0.25) is 0 Å². The second-order valence-corrected chi connectivity index (χ2v) is 5.88. The number of hydrogen-bond acceptors (Lipinski definition) is 3. The maximum absolute atomic E-state index is 5.86. The van der Waals surface area contributed by atoms with Crippen LogP contribution in [0.4, 0.5) is 5.69 Å². The monoisotopic (exact) mass is 302 g/mol. The van der Waals surface area contributed by atoms with Gasteiger partial charge in [0.2, 0.25) is 0 Å². The molecule has 0 atom stereocenters. The van der Waals surface area contributed by atoms with Gasteiger partial charge in [0.25, 0.3) is 0 Å². The van der Waals surface area contributed by atoms with Crippen molar-refractivity contribution < 1.29 is 0 Å². The molecule has 0 saturated heterocycles. The van der Waals surface area contributed by atoms with Gasteiger partial charge in [0.1, 0.15) is 4.99 Å². The Labute approximate surface area is 129 Å². The average Bonchev–Trinajstić information content (AvgIpc) is 2.44. The average molecular weight is 302 g/mol. The van der Waals surface area contributed by atoms with Crippen molar-refractivity contribution in [3.8, 4) is 0 Å². The maximum Gasteiger partial charge on any atom is 0.107 e. The molecule has 2 rings (SSSR count). The number of thiocarbonyl (C=S) groups is 1. The van der Waals surface area contributed by atoms with E-state index in [0.717, 1.165) is 22.7 Å². The minimum atomic E-state index is 0.432. The predicted molar refractivity (Wildman–Crippen MR) is 92.6 cm³/mol. The van der Waals surface area contributed by atoms with Gasteiger partial charge in [0.05, 0.1) is 0 Å². The van der Waals surface area contributed by atoms with E-state index in [1.165, 1.54) is 11.1 Å². The molecule has 3 N–H and O–H groups in total. The molecule has 0 heterocycles. The molecule has 20 heavy (non-hydrogen) atoms. The fourth-order valence-corrected chi connectivity index (χ4v) is 3.05. The van der Waals surface area contributed by atoms with Crippen molar-refractivity contribution in [2.24, 2.45) is 5.73 Å². The van der Waals surface area contributed by atoms with E-state index in [1.54, 1.807) is 11.8 Å². The Morgan fingerprint density at radius 1 is 1.25 bits per heavy atom. The van der Waals surface area contributed by atoms with Crippen LogP contribution < -0.4 is 11.1 Å². The first-order valence-electron chi connectivity index (χ1n) is 6.38. The topological polar surface area (TPSA) is 38.0 Å². The summed E-state index contributed by atoms with van der Waals surface area (Å²) >= 11 is 6.83. The molecule has 0 spiro atoms. The number of aryl methyl sites for hydroxylation is 1. The molecule has 2 aromatic carbocycles. The number of benzene rings is 2. The molecule has 2 nitrogen and oxygen atoms in total. The van der Waals surface area contributed by atoms with Crippen LogP contribution in [0.1, 0.15) is 16.7 Å². The number of thioether (sulfide) groups is 1. The third-order valence-corrected chi connectivity index (χ3v) is 4.04. The third kappa shape index (κ3) is 3.52. The molecule has 4 heteroatoms. The Kier molecular flexibility index (Phi) is 5.04. The van der Waals surface area contributed by atoms with E-state index in [9.17, 15) is 0 Å². The number of nitrogens with two attached hydrogens (primary N) is 1. The smallest absolute Gasteiger partial charge is 0.107 e. The Morgan fingerprint density at radius 2 is 2.00 bits per heavy atom. The molecular weight excluding hydrogens is 284 g/mol. The number of anilines is 1. The van der Waals surface area contributed by atoms with Crippen molar-refractivity contribution in [3.05, 3.63) is 59.2 Å². The number of nitrogens with one attached hydrogen (secondary N) is 1. The maximum atomic E-state index is 5.86. The molecule has 0 bridgehead atoms. The summed E-state index contributed by atoms with van der Waals surface area (Å²) in [6, 6.07) is 14.5. The lowest BCUT2D eigenvalue weighted by molar-refractivity contribution is 1.13. The third-order valence-electron chi connectivity index (χ3n) is 3.06. The molecule has 2 aromatic rings. The second kappa shape index (κ2) is 6.77.